The summed E-state index contributed by atoms with van der Waals surface area (Å²) in [6.07, 6.45) is 0.996. The molecule has 0 atom stereocenters. The van der Waals surface area contributed by atoms with Crippen molar-refractivity contribution in [3.63, 3.8) is 0 Å². The molecule has 0 radical (unpaired) electrons. The molecule has 1 saturated heterocycles. The molecular formula is C15H23N3O2S. The number of rotatable bonds is 7. The van der Waals surface area contributed by atoms with Crippen molar-refractivity contribution in [3.05, 3.63) is 24.3 Å². The number of nitrogens with zero attached hydrogens (tertiary/aromatic N) is 1. The highest BCUT2D eigenvalue weighted by Crippen LogP contribution is 2.20. The first kappa shape index (κ1) is 16.1. The quantitative estimate of drug-likeness (QED) is 0.516. The number of piperazine rings is 1. The Morgan fingerprint density at radius 1 is 1.29 bits per heavy atom. The van der Waals surface area contributed by atoms with Gasteiger partial charge in [-0.1, -0.05) is 0 Å². The normalized spacial score (nSPS) is 15.8. The van der Waals surface area contributed by atoms with E-state index in [0.29, 0.717) is 5.75 Å². The van der Waals surface area contributed by atoms with Gasteiger partial charge in [-0.3, -0.25) is 4.79 Å². The molecule has 116 valence electrons. The third-order valence-corrected chi connectivity index (χ3v) is 4.40. The lowest BCUT2D eigenvalue weighted by Crippen LogP contribution is -2.44. The molecule has 0 spiro atoms. The highest BCUT2D eigenvalue weighted by Gasteiger charge is 2.08. The van der Waals surface area contributed by atoms with Crippen LogP contribution in [0.5, 0.6) is 5.75 Å². The van der Waals surface area contributed by atoms with Crippen molar-refractivity contribution >= 4 is 17.7 Å². The van der Waals surface area contributed by atoms with Crippen molar-refractivity contribution in [1.29, 1.82) is 0 Å². The third kappa shape index (κ3) is 6.37. The summed E-state index contributed by atoms with van der Waals surface area (Å²) in [5, 5.41) is 15.5. The number of carbonyl (C=O) groups excluding carboxylic acids is 1. The molecule has 1 aliphatic heterocycles. The lowest BCUT2D eigenvalue weighted by Gasteiger charge is -2.27. The van der Waals surface area contributed by atoms with Crippen molar-refractivity contribution < 1.29 is 9.90 Å². The number of benzene rings is 1. The molecule has 1 aromatic rings. The Morgan fingerprint density at radius 2 is 2.00 bits per heavy atom. The molecule has 1 aromatic carbocycles. The zero-order chi connectivity index (χ0) is 14.9. The van der Waals surface area contributed by atoms with Crippen LogP contribution in [0.15, 0.2) is 29.2 Å². The summed E-state index contributed by atoms with van der Waals surface area (Å²) < 4.78 is 0. The van der Waals surface area contributed by atoms with Crippen LogP contribution in [0.3, 0.4) is 0 Å². The molecule has 1 aliphatic rings. The molecule has 0 saturated carbocycles. The molecule has 6 heteroatoms. The molecule has 0 unspecified atom stereocenters. The first-order valence-electron chi connectivity index (χ1n) is 7.35. The van der Waals surface area contributed by atoms with Crippen molar-refractivity contribution in [2.75, 3.05) is 45.0 Å². The lowest BCUT2D eigenvalue weighted by molar-refractivity contribution is -0.118. The molecule has 3 N–H and O–H groups in total. The number of thioether (sulfide) groups is 1. The minimum Gasteiger partial charge on any atom is -0.508 e. The molecule has 5 nitrogen and oxygen atoms in total. The second kappa shape index (κ2) is 8.92. The Kier molecular flexibility index (Phi) is 6.85. The lowest BCUT2D eigenvalue weighted by atomic mass is 10.3. The molecule has 1 fully saturated rings. The molecule has 0 aromatic heterocycles. The number of hydrogen-bond donors (Lipinski definition) is 3. The number of carbonyl (C=O) groups is 1. The molecule has 1 heterocycles. The second-order valence-corrected chi connectivity index (χ2v) is 6.13. The molecular weight excluding hydrogens is 286 g/mol. The average molecular weight is 309 g/mol. The Bertz CT molecular complexity index is 433. The van der Waals surface area contributed by atoms with E-state index in [1.807, 2.05) is 12.1 Å². The van der Waals surface area contributed by atoms with Crippen LogP contribution in [0, 0.1) is 0 Å². The van der Waals surface area contributed by atoms with Crippen molar-refractivity contribution in [2.45, 2.75) is 11.3 Å². The van der Waals surface area contributed by atoms with Crippen LogP contribution in [0.25, 0.3) is 0 Å². The first-order valence-corrected chi connectivity index (χ1v) is 8.34. The number of amides is 1. The summed E-state index contributed by atoms with van der Waals surface area (Å²) >= 11 is 1.48. The fourth-order valence-corrected chi connectivity index (χ4v) is 2.94. The van der Waals surface area contributed by atoms with E-state index in [0.717, 1.165) is 50.6 Å². The van der Waals surface area contributed by atoms with Crippen LogP contribution < -0.4 is 10.6 Å². The van der Waals surface area contributed by atoms with Gasteiger partial charge in [-0.15, -0.1) is 11.8 Å². The topological polar surface area (TPSA) is 64.6 Å². The van der Waals surface area contributed by atoms with Crippen LogP contribution in [0.1, 0.15) is 6.42 Å². The number of nitrogens with one attached hydrogen (secondary N) is 2. The zero-order valence-corrected chi connectivity index (χ0v) is 13.0. The Hall–Kier alpha value is -1.24. The monoisotopic (exact) mass is 309 g/mol. The molecule has 0 bridgehead atoms. The zero-order valence-electron chi connectivity index (χ0n) is 12.2. The van der Waals surface area contributed by atoms with Crippen molar-refractivity contribution in [2.24, 2.45) is 0 Å². The fraction of sp³-hybridized carbons (Fsp3) is 0.533. The number of phenolic OH excluding ortho intramolecular Hbond substituents is 1. The maximum Gasteiger partial charge on any atom is 0.230 e. The van der Waals surface area contributed by atoms with Gasteiger partial charge >= 0.3 is 0 Å². The van der Waals surface area contributed by atoms with Crippen LogP contribution in [0.2, 0.25) is 0 Å². The van der Waals surface area contributed by atoms with Gasteiger partial charge in [0.05, 0.1) is 5.75 Å². The Balaban J connectivity index is 1.54. The highest BCUT2D eigenvalue weighted by molar-refractivity contribution is 8.00. The van der Waals surface area contributed by atoms with Gasteiger partial charge in [0.1, 0.15) is 5.75 Å². The molecule has 0 aliphatic carbocycles. The molecule has 1 amide bonds. The van der Waals surface area contributed by atoms with Crippen LogP contribution in [0.4, 0.5) is 0 Å². The van der Waals surface area contributed by atoms with Gasteiger partial charge < -0.3 is 20.6 Å². The van der Waals surface area contributed by atoms with Crippen molar-refractivity contribution in [1.82, 2.24) is 15.5 Å². The van der Waals surface area contributed by atoms with E-state index in [1.165, 1.54) is 11.8 Å². The summed E-state index contributed by atoms with van der Waals surface area (Å²) in [5.74, 6) is 0.725. The number of aromatic hydroxyl groups is 1. The maximum atomic E-state index is 11.7. The number of hydrogen-bond acceptors (Lipinski definition) is 5. The second-order valence-electron chi connectivity index (χ2n) is 5.08. The third-order valence-electron chi connectivity index (χ3n) is 3.39. The first-order chi connectivity index (χ1) is 10.2. The smallest absolute Gasteiger partial charge is 0.230 e. The minimum atomic E-state index is 0.0633. The van der Waals surface area contributed by atoms with Crippen LogP contribution >= 0.6 is 11.8 Å². The largest absolute Gasteiger partial charge is 0.508 e. The maximum absolute atomic E-state index is 11.7. The van der Waals surface area contributed by atoms with Crippen molar-refractivity contribution in [3.8, 4) is 5.75 Å². The van der Waals surface area contributed by atoms with E-state index in [-0.39, 0.29) is 11.7 Å². The van der Waals surface area contributed by atoms with Gasteiger partial charge in [-0.05, 0) is 37.2 Å². The Labute approximate surface area is 130 Å². The average Bonchev–Trinajstić information content (AvgIpc) is 2.52. The SMILES string of the molecule is O=C(CSc1ccc(O)cc1)NCCCN1CCNCC1. The summed E-state index contributed by atoms with van der Waals surface area (Å²) in [6, 6.07) is 6.90. The van der Waals surface area contributed by atoms with Gasteiger partial charge in [0.2, 0.25) is 5.91 Å². The predicted octanol–water partition coefficient (Wildman–Crippen LogP) is 0.896. The van der Waals surface area contributed by atoms with E-state index in [4.69, 9.17) is 0 Å². The van der Waals surface area contributed by atoms with Crippen LogP contribution in [-0.2, 0) is 4.79 Å². The summed E-state index contributed by atoms with van der Waals surface area (Å²) in [4.78, 5) is 15.1. The van der Waals surface area contributed by atoms with E-state index < -0.39 is 0 Å². The van der Waals surface area contributed by atoms with Gasteiger partial charge in [-0.2, -0.15) is 0 Å². The highest BCUT2D eigenvalue weighted by atomic mass is 32.2. The molecule has 21 heavy (non-hydrogen) atoms. The summed E-state index contributed by atoms with van der Waals surface area (Å²) in [6.45, 7) is 6.12. The van der Waals surface area contributed by atoms with Gasteiger partial charge in [0.15, 0.2) is 0 Å². The van der Waals surface area contributed by atoms with Gasteiger partial charge in [0.25, 0.3) is 0 Å². The Morgan fingerprint density at radius 3 is 2.71 bits per heavy atom. The van der Waals surface area contributed by atoms with E-state index in [2.05, 4.69) is 15.5 Å². The van der Waals surface area contributed by atoms with Gasteiger partial charge in [-0.25, -0.2) is 0 Å². The van der Waals surface area contributed by atoms with E-state index >= 15 is 0 Å². The predicted molar refractivity (Wildman–Crippen MR) is 85.8 cm³/mol. The van der Waals surface area contributed by atoms with E-state index in [9.17, 15) is 9.90 Å². The minimum absolute atomic E-state index is 0.0633. The summed E-state index contributed by atoms with van der Waals surface area (Å²) in [7, 11) is 0. The standard InChI is InChI=1S/C15H23N3O2S/c19-13-2-4-14(5-3-13)21-12-15(20)17-6-1-9-18-10-7-16-8-11-18/h2-5,16,19H,1,6-12H2,(H,17,20). The number of phenols is 1. The van der Waals surface area contributed by atoms with Gasteiger partial charge in [0, 0.05) is 37.6 Å². The fourth-order valence-electron chi connectivity index (χ4n) is 2.21. The van der Waals surface area contributed by atoms with Crippen LogP contribution in [-0.4, -0.2) is 60.9 Å². The molecule has 2 rings (SSSR count). The summed E-state index contributed by atoms with van der Waals surface area (Å²) in [5.41, 5.74) is 0. The van der Waals surface area contributed by atoms with E-state index in [1.54, 1.807) is 12.1 Å².